The molecule has 10 rings (SSSR count). The second kappa shape index (κ2) is 39.4. The van der Waals surface area contributed by atoms with Crippen molar-refractivity contribution in [1.29, 1.82) is 0 Å². The van der Waals surface area contributed by atoms with Gasteiger partial charge >= 0.3 is 0 Å². The zero-order chi connectivity index (χ0) is 76.5. The molecule has 4 atom stereocenters. The van der Waals surface area contributed by atoms with Gasteiger partial charge in [0, 0.05) is 149 Å². The maximum atomic E-state index is 13.1. The lowest BCUT2D eigenvalue weighted by Crippen LogP contribution is -2.47. The van der Waals surface area contributed by atoms with Crippen molar-refractivity contribution in [2.24, 2.45) is 0 Å². The number of amides is 5. The molecule has 3 saturated heterocycles. The third kappa shape index (κ3) is 22.7. The molecule has 0 saturated carbocycles. The molecule has 0 radical (unpaired) electrons. The van der Waals surface area contributed by atoms with Crippen molar-refractivity contribution in [2.75, 3.05) is 26.2 Å². The predicted molar refractivity (Wildman–Crippen MR) is 400 cm³/mol. The van der Waals surface area contributed by atoms with E-state index < -0.39 is 24.6 Å². The van der Waals surface area contributed by atoms with E-state index in [4.69, 9.17) is 0 Å². The first kappa shape index (κ1) is 81.9. The molecule has 0 aromatic heterocycles. The number of hydrogen-bond acceptors (Lipinski definition) is 15. The van der Waals surface area contributed by atoms with E-state index in [1.807, 2.05) is 89.2 Å². The molecule has 0 aliphatic carbocycles. The van der Waals surface area contributed by atoms with E-state index in [0.29, 0.717) is 68.7 Å². The van der Waals surface area contributed by atoms with E-state index in [2.05, 4.69) is 27.7 Å². The molecule has 3 aliphatic heterocycles. The zero-order valence-corrected chi connectivity index (χ0v) is 61.4. The van der Waals surface area contributed by atoms with E-state index in [9.17, 15) is 74.5 Å². The minimum absolute atomic E-state index is 0.0140. The maximum Gasteiger partial charge on any atom is 0.272 e. The number of nitro benzene ring substituents is 5. The Morgan fingerprint density at radius 3 is 0.971 bits per heavy atom. The highest BCUT2D eigenvalue weighted by Gasteiger charge is 2.31. The van der Waals surface area contributed by atoms with Crippen LogP contribution < -0.4 is 0 Å². The second-order valence-electron chi connectivity index (χ2n) is 26.7. The van der Waals surface area contributed by atoms with Crippen LogP contribution in [0.5, 0.6) is 0 Å². The molecule has 4 unspecified atom stereocenters. The van der Waals surface area contributed by atoms with Crippen LogP contribution in [-0.2, 0) is 13.1 Å². The van der Waals surface area contributed by atoms with Crippen LogP contribution in [0.2, 0.25) is 0 Å². The molecule has 25 heteroatoms. The first-order valence-corrected chi connectivity index (χ1v) is 35.3. The summed E-state index contributed by atoms with van der Waals surface area (Å²) in [5.74, 6) is -0.277. The van der Waals surface area contributed by atoms with Gasteiger partial charge in [0.25, 0.3) is 58.0 Å². The summed E-state index contributed by atoms with van der Waals surface area (Å²) in [6.45, 7) is 24.6. The predicted octanol–water partition coefficient (Wildman–Crippen LogP) is 17.1. The number of rotatable bonds is 18. The highest BCUT2D eigenvalue weighted by molar-refractivity contribution is 5.97. The number of nitro groups is 5. The number of aryl methyl sites for hydroxylation is 5. The molecule has 7 aromatic carbocycles. The lowest BCUT2D eigenvalue weighted by Gasteiger charge is -2.39. The van der Waals surface area contributed by atoms with Gasteiger partial charge in [0.1, 0.15) is 0 Å². The molecule has 5 amide bonds. The van der Waals surface area contributed by atoms with Crippen LogP contribution in [0.1, 0.15) is 203 Å². The summed E-state index contributed by atoms with van der Waals surface area (Å²) in [7, 11) is 0. The number of carbonyl (C=O) groups excluding carboxylic acids is 5. The van der Waals surface area contributed by atoms with Gasteiger partial charge in [-0.25, -0.2) is 0 Å². The molecule has 3 heterocycles. The first-order valence-electron chi connectivity index (χ1n) is 35.3. The molecule has 25 nitrogen and oxygen atoms in total. The number of likely N-dealkylation sites (tertiary alicyclic amines) is 3. The molecule has 7 aromatic rings. The molecule has 104 heavy (non-hydrogen) atoms. The van der Waals surface area contributed by atoms with Gasteiger partial charge in [-0.05, 0) is 192 Å². The minimum Gasteiger partial charge on any atom is -0.339 e. The lowest BCUT2D eigenvalue weighted by molar-refractivity contribution is -0.385. The standard InChI is InChI=1S/C22H20N2O3.C16H24N2O3.C15H20N2O3.C14H18N2O3.C12H14N2O3/c1-17-14-20(12-13-21(17)24(26)27)22(25)23(15-18-8-4-2-5-9-18)16-19-10-6-3-7-11-19;1-6-12(4)17(13(5)7-2)16(19)14-8-9-15(18(20)21)11(3)10-14;1-10-9-13(7-8-14(10)17(19)20)15(18)16-11(2)5-4-6-12(16)3;1-11-10-12(6-7-13(11)16(18)19)14(17)15-8-4-2-3-5-9-15;1-9-8-10(4-5-11(9)14(16)17)12(15)13-6-2-3-7-13/h2-14H,15-16H2,1H3;8-10,12-13H,6-7H2,1-5H3;7-9,11-12H,4-6H2,1-3H3;6-7,10H,2-5,8-9H2,1H3;4-5,8H,2-3,6-7H2,1H3. The summed E-state index contributed by atoms with van der Waals surface area (Å²) in [4.78, 5) is 124. The molecule has 0 bridgehead atoms. The molecule has 0 spiro atoms. The third-order valence-electron chi connectivity index (χ3n) is 19.0. The molecule has 552 valence electrons. The minimum atomic E-state index is -0.435. The SMILES string of the molecule is CCC(C)N(C(=O)c1ccc([N+](=O)[O-])c(C)c1)C(C)CC.Cc1cc(C(=O)N(Cc2ccccc2)Cc2ccccc2)ccc1[N+](=O)[O-].Cc1cc(C(=O)N2C(C)CCCC2C)ccc1[N+](=O)[O-].Cc1cc(C(=O)N2CCCC2)ccc1[N+](=O)[O-].Cc1cc(C(=O)N2CCCCCC2)ccc1[N+](=O)[O-]. The highest BCUT2D eigenvalue weighted by atomic mass is 16.6. The van der Waals surface area contributed by atoms with Crippen molar-refractivity contribution in [1.82, 2.24) is 24.5 Å². The fraction of sp³-hybridized carbons (Fsp3) is 0.405. The monoisotopic (exact) mass is 1420 g/mol. The summed E-state index contributed by atoms with van der Waals surface area (Å²) >= 11 is 0. The number of hydrogen-bond donors (Lipinski definition) is 0. The quantitative estimate of drug-likeness (QED) is 0.0569. The van der Waals surface area contributed by atoms with Gasteiger partial charge in [-0.1, -0.05) is 87.4 Å². The van der Waals surface area contributed by atoms with Crippen molar-refractivity contribution < 1.29 is 48.6 Å². The maximum absolute atomic E-state index is 13.1. The van der Waals surface area contributed by atoms with Crippen molar-refractivity contribution in [3.8, 4) is 0 Å². The van der Waals surface area contributed by atoms with E-state index >= 15 is 0 Å². The average Bonchev–Trinajstić information content (AvgIpc) is 1.09. The van der Waals surface area contributed by atoms with Crippen LogP contribution >= 0.6 is 0 Å². The van der Waals surface area contributed by atoms with E-state index in [1.54, 1.807) is 92.9 Å². The Kier molecular flexibility index (Phi) is 31.0. The Labute approximate surface area is 607 Å². The largest absolute Gasteiger partial charge is 0.339 e. The number of piperidine rings is 1. The summed E-state index contributed by atoms with van der Waals surface area (Å²) in [6, 6.07) is 43.1. The summed E-state index contributed by atoms with van der Waals surface area (Å²) in [5.41, 5.74) is 7.46. The van der Waals surface area contributed by atoms with Crippen LogP contribution in [0.15, 0.2) is 152 Å². The second-order valence-corrected chi connectivity index (χ2v) is 26.7. The summed E-state index contributed by atoms with van der Waals surface area (Å²) < 4.78 is 0. The van der Waals surface area contributed by atoms with Gasteiger partial charge in [0.15, 0.2) is 0 Å². The van der Waals surface area contributed by atoms with Crippen molar-refractivity contribution in [2.45, 2.75) is 184 Å². The Morgan fingerprint density at radius 1 is 0.394 bits per heavy atom. The van der Waals surface area contributed by atoms with Gasteiger partial charge in [0.05, 0.1) is 24.6 Å². The van der Waals surface area contributed by atoms with Crippen LogP contribution in [0, 0.1) is 85.2 Å². The van der Waals surface area contributed by atoms with Crippen LogP contribution in [-0.4, -0.2) is 129 Å². The Hall–Kier alpha value is -11.1. The van der Waals surface area contributed by atoms with Crippen molar-refractivity contribution >= 4 is 58.0 Å². The van der Waals surface area contributed by atoms with Gasteiger partial charge < -0.3 is 24.5 Å². The number of nitrogens with zero attached hydrogens (tertiary/aromatic N) is 10. The zero-order valence-electron chi connectivity index (χ0n) is 61.4. The van der Waals surface area contributed by atoms with Gasteiger partial charge in [-0.3, -0.25) is 74.5 Å². The van der Waals surface area contributed by atoms with E-state index in [0.717, 1.165) is 95.1 Å². The van der Waals surface area contributed by atoms with Gasteiger partial charge in [-0.15, -0.1) is 0 Å². The molecule has 3 fully saturated rings. The summed E-state index contributed by atoms with van der Waals surface area (Å²) in [5, 5.41) is 54.1. The molecular formula is C79H96N10O15. The smallest absolute Gasteiger partial charge is 0.272 e. The third-order valence-corrected chi connectivity index (χ3v) is 19.0. The lowest BCUT2D eigenvalue weighted by atomic mass is 9.96. The Morgan fingerprint density at radius 2 is 0.673 bits per heavy atom. The highest BCUT2D eigenvalue weighted by Crippen LogP contribution is 2.29. The average molecular weight is 1430 g/mol. The number of benzene rings is 7. The fourth-order valence-corrected chi connectivity index (χ4v) is 12.9. The van der Waals surface area contributed by atoms with Crippen molar-refractivity contribution in [3.63, 3.8) is 0 Å². The van der Waals surface area contributed by atoms with Gasteiger partial charge in [0.2, 0.25) is 0 Å². The molecular weight excluding hydrogens is 1330 g/mol. The molecule has 0 N–H and O–H groups in total. The van der Waals surface area contributed by atoms with Crippen molar-refractivity contribution in [3.05, 3.63) is 269 Å². The van der Waals surface area contributed by atoms with Crippen LogP contribution in [0.3, 0.4) is 0 Å². The van der Waals surface area contributed by atoms with Gasteiger partial charge in [-0.2, -0.15) is 0 Å². The van der Waals surface area contributed by atoms with E-state index in [-0.39, 0.29) is 82.1 Å². The van der Waals surface area contributed by atoms with E-state index in [1.165, 1.54) is 55.3 Å². The van der Waals surface area contributed by atoms with Crippen LogP contribution in [0.4, 0.5) is 28.4 Å². The Balaban J connectivity index is 0.000000206. The normalized spacial score (nSPS) is 15.2. The number of carbonyl (C=O) groups is 5. The fourth-order valence-electron chi connectivity index (χ4n) is 12.9. The summed E-state index contributed by atoms with van der Waals surface area (Å²) in [6.07, 6.45) is 11.4. The van der Waals surface area contributed by atoms with Crippen LogP contribution in [0.25, 0.3) is 0 Å². The topological polar surface area (TPSA) is 317 Å². The molecule has 3 aliphatic rings. The Bertz CT molecular complexity index is 4120. The first-order chi connectivity index (χ1) is 49.5.